The van der Waals surface area contributed by atoms with Gasteiger partial charge in [-0.2, -0.15) is 5.10 Å². The Bertz CT molecular complexity index is 550. The minimum Gasteiger partial charge on any atom is -0.370 e. The van der Waals surface area contributed by atoms with E-state index in [1.54, 1.807) is 12.3 Å². The third-order valence-corrected chi connectivity index (χ3v) is 3.57. The molecule has 1 N–H and O–H groups in total. The Hall–Kier alpha value is -1.62. The minimum absolute atomic E-state index is 0.0426. The molecule has 0 aromatic carbocycles. The average molecular weight is 290 g/mol. The predicted octanol–water partition coefficient (Wildman–Crippen LogP) is 1.79. The lowest BCUT2D eigenvalue weighted by Gasteiger charge is -2.21. The van der Waals surface area contributed by atoms with Crippen LogP contribution in [0, 0.1) is 0 Å². The molecular weight excluding hydrogens is 264 g/mol. The quantitative estimate of drug-likeness (QED) is 0.840. The summed E-state index contributed by atoms with van der Waals surface area (Å²) in [7, 11) is 0. The van der Waals surface area contributed by atoms with Gasteiger partial charge < -0.3 is 10.2 Å². The van der Waals surface area contributed by atoms with Crippen molar-refractivity contribution in [3.05, 3.63) is 34.8 Å². The summed E-state index contributed by atoms with van der Waals surface area (Å²) in [5.41, 5.74) is 1.87. The van der Waals surface area contributed by atoms with Gasteiger partial charge in [0.25, 0.3) is 5.56 Å². The van der Waals surface area contributed by atoms with E-state index in [1.807, 2.05) is 0 Å². The fourth-order valence-corrected chi connectivity index (χ4v) is 2.35. The fourth-order valence-electron chi connectivity index (χ4n) is 2.35. The lowest BCUT2D eigenvalue weighted by atomic mass is 10.1. The highest BCUT2D eigenvalue weighted by Crippen LogP contribution is 2.16. The fraction of sp³-hybridized carbons (Fsp3) is 0.625. The zero-order valence-corrected chi connectivity index (χ0v) is 13.4. The standard InChI is InChI=1S/C16H26N4O/c1-13(10-17-16(2,3)4)12-20-15(21)9-14(11-18-20)19-7-5-6-8-19/h9,11,17H,1,5-8,10,12H2,2-4H3. The van der Waals surface area contributed by atoms with Crippen molar-refractivity contribution < 1.29 is 0 Å². The number of rotatable bonds is 5. The summed E-state index contributed by atoms with van der Waals surface area (Å²) in [5, 5.41) is 7.65. The molecule has 0 radical (unpaired) electrons. The van der Waals surface area contributed by atoms with Crippen LogP contribution in [0.2, 0.25) is 0 Å². The number of nitrogens with one attached hydrogen (secondary N) is 1. The third-order valence-electron chi connectivity index (χ3n) is 3.57. The maximum atomic E-state index is 12.1. The van der Waals surface area contributed by atoms with Gasteiger partial charge in [0, 0.05) is 31.2 Å². The maximum absolute atomic E-state index is 12.1. The van der Waals surface area contributed by atoms with Crippen LogP contribution in [-0.2, 0) is 6.54 Å². The molecule has 1 saturated heterocycles. The molecule has 0 amide bonds. The second-order valence-electron chi connectivity index (χ2n) is 6.76. The summed E-state index contributed by atoms with van der Waals surface area (Å²) in [4.78, 5) is 14.4. The van der Waals surface area contributed by atoms with Gasteiger partial charge in [0.05, 0.1) is 18.4 Å². The van der Waals surface area contributed by atoms with Crippen molar-refractivity contribution >= 4 is 5.69 Å². The van der Waals surface area contributed by atoms with Crippen molar-refractivity contribution in [2.24, 2.45) is 0 Å². The summed E-state index contributed by atoms with van der Waals surface area (Å²) in [6, 6.07) is 1.68. The Labute approximate surface area is 126 Å². The molecular formula is C16H26N4O. The summed E-state index contributed by atoms with van der Waals surface area (Å²) in [6.45, 7) is 13.5. The molecule has 1 fully saturated rings. The molecule has 2 rings (SSSR count). The van der Waals surface area contributed by atoms with E-state index in [0.29, 0.717) is 13.1 Å². The highest BCUT2D eigenvalue weighted by Gasteiger charge is 2.14. The number of nitrogens with zero attached hydrogens (tertiary/aromatic N) is 3. The summed E-state index contributed by atoms with van der Waals surface area (Å²) in [6.07, 6.45) is 4.17. The van der Waals surface area contributed by atoms with Crippen molar-refractivity contribution in [2.45, 2.75) is 45.7 Å². The van der Waals surface area contributed by atoms with Gasteiger partial charge in [0.1, 0.15) is 0 Å². The van der Waals surface area contributed by atoms with Gasteiger partial charge in [0.2, 0.25) is 0 Å². The molecule has 1 aliphatic heterocycles. The van der Waals surface area contributed by atoms with E-state index < -0.39 is 0 Å². The van der Waals surface area contributed by atoms with E-state index in [0.717, 1.165) is 24.4 Å². The van der Waals surface area contributed by atoms with Crippen molar-refractivity contribution in [2.75, 3.05) is 24.5 Å². The molecule has 5 heteroatoms. The first kappa shape index (κ1) is 15.8. The SMILES string of the molecule is C=C(CNC(C)(C)C)Cn1ncc(N2CCCC2)cc1=O. The van der Waals surface area contributed by atoms with Crippen molar-refractivity contribution in [3.8, 4) is 0 Å². The molecule has 1 aromatic heterocycles. The molecule has 0 bridgehead atoms. The van der Waals surface area contributed by atoms with Gasteiger partial charge in [-0.15, -0.1) is 0 Å². The lowest BCUT2D eigenvalue weighted by Crippen LogP contribution is -2.38. The van der Waals surface area contributed by atoms with Crippen LogP contribution in [0.25, 0.3) is 0 Å². The van der Waals surface area contributed by atoms with Gasteiger partial charge >= 0.3 is 0 Å². The molecule has 5 nitrogen and oxygen atoms in total. The lowest BCUT2D eigenvalue weighted by molar-refractivity contribution is 0.437. The van der Waals surface area contributed by atoms with Gasteiger partial charge in [-0.25, -0.2) is 4.68 Å². The monoisotopic (exact) mass is 290 g/mol. The predicted molar refractivity (Wildman–Crippen MR) is 86.8 cm³/mol. The molecule has 0 unspecified atom stereocenters. The Morgan fingerprint density at radius 3 is 2.62 bits per heavy atom. The molecule has 21 heavy (non-hydrogen) atoms. The van der Waals surface area contributed by atoms with E-state index in [-0.39, 0.29) is 11.1 Å². The van der Waals surface area contributed by atoms with Gasteiger partial charge in [-0.3, -0.25) is 4.79 Å². The van der Waals surface area contributed by atoms with Crippen LogP contribution in [0.15, 0.2) is 29.2 Å². The number of hydrogen-bond donors (Lipinski definition) is 1. The Kier molecular flexibility index (Phi) is 4.83. The van der Waals surface area contributed by atoms with Crippen LogP contribution in [0.4, 0.5) is 5.69 Å². The Balaban J connectivity index is 1.97. The molecule has 1 aliphatic rings. The van der Waals surface area contributed by atoms with Crippen LogP contribution in [-0.4, -0.2) is 35.0 Å². The van der Waals surface area contributed by atoms with Gasteiger partial charge in [0.15, 0.2) is 0 Å². The number of hydrogen-bond acceptors (Lipinski definition) is 4. The summed E-state index contributed by atoms with van der Waals surface area (Å²) in [5.74, 6) is 0. The highest BCUT2D eigenvalue weighted by atomic mass is 16.1. The minimum atomic E-state index is -0.0590. The first-order valence-corrected chi connectivity index (χ1v) is 7.59. The van der Waals surface area contributed by atoms with E-state index in [9.17, 15) is 4.79 Å². The molecule has 116 valence electrons. The van der Waals surface area contributed by atoms with E-state index in [1.165, 1.54) is 17.5 Å². The van der Waals surface area contributed by atoms with Crippen LogP contribution < -0.4 is 15.8 Å². The van der Waals surface area contributed by atoms with Crippen molar-refractivity contribution in [3.63, 3.8) is 0 Å². The first-order valence-electron chi connectivity index (χ1n) is 7.59. The maximum Gasteiger partial charge on any atom is 0.269 e. The van der Waals surface area contributed by atoms with E-state index >= 15 is 0 Å². The Morgan fingerprint density at radius 1 is 1.38 bits per heavy atom. The highest BCUT2D eigenvalue weighted by molar-refractivity contribution is 5.43. The zero-order valence-electron chi connectivity index (χ0n) is 13.4. The molecule has 2 heterocycles. The van der Waals surface area contributed by atoms with E-state index in [4.69, 9.17) is 0 Å². The number of anilines is 1. The number of aromatic nitrogens is 2. The second-order valence-corrected chi connectivity index (χ2v) is 6.76. The molecule has 0 atom stereocenters. The van der Waals surface area contributed by atoms with Gasteiger partial charge in [-0.05, 0) is 39.2 Å². The third kappa shape index (κ3) is 4.70. The topological polar surface area (TPSA) is 50.2 Å². The van der Waals surface area contributed by atoms with Crippen LogP contribution in [0.3, 0.4) is 0 Å². The summed E-state index contributed by atoms with van der Waals surface area (Å²) < 4.78 is 1.48. The smallest absolute Gasteiger partial charge is 0.269 e. The van der Waals surface area contributed by atoms with Gasteiger partial charge in [-0.1, -0.05) is 6.58 Å². The van der Waals surface area contributed by atoms with E-state index in [2.05, 4.69) is 42.7 Å². The van der Waals surface area contributed by atoms with Crippen molar-refractivity contribution in [1.29, 1.82) is 0 Å². The second kappa shape index (κ2) is 6.43. The first-order chi connectivity index (χ1) is 9.85. The Morgan fingerprint density at radius 2 is 2.05 bits per heavy atom. The largest absolute Gasteiger partial charge is 0.370 e. The normalized spacial score (nSPS) is 15.5. The van der Waals surface area contributed by atoms with Crippen molar-refractivity contribution in [1.82, 2.24) is 15.1 Å². The summed E-state index contributed by atoms with van der Waals surface area (Å²) >= 11 is 0. The molecule has 0 spiro atoms. The molecule has 0 aliphatic carbocycles. The zero-order chi connectivity index (χ0) is 15.5. The molecule has 1 aromatic rings. The molecule has 0 saturated carbocycles. The van der Waals surface area contributed by atoms with Crippen LogP contribution in [0.5, 0.6) is 0 Å². The average Bonchev–Trinajstić information content (AvgIpc) is 2.92. The van der Waals surface area contributed by atoms with Crippen LogP contribution >= 0.6 is 0 Å². The van der Waals surface area contributed by atoms with Crippen LogP contribution in [0.1, 0.15) is 33.6 Å².